The molecule has 2 aromatic carbocycles. The van der Waals surface area contributed by atoms with Crippen LogP contribution in [-0.4, -0.2) is 85.0 Å². The topological polar surface area (TPSA) is 127 Å². The number of likely N-dealkylation sites (tertiary alicyclic amines) is 2. The van der Waals surface area contributed by atoms with Crippen LogP contribution < -0.4 is 24.8 Å². The largest absolute Gasteiger partial charge is 0.493 e. The molecule has 2 atom stereocenters. The molecule has 4 heterocycles. The molecule has 5 aliphatic rings. The standard InChI is InChI=1S/C31H36N4O7/c36-28-19-41-25-13-22(12-24(14-25)40-18-21-3-4-21)31(39)33-26-16-35(30(38)9-11-34-10-1-2-29(34)37)17-27(26)42-23-7-5-20(6-8-23)15-32-28/h5-8,12-14,21,26-27H,1-4,9-11,15-19H2,(H,32,36)(H,33,39)/t26-,27-/m0/s1. The van der Waals surface area contributed by atoms with E-state index in [1.54, 1.807) is 28.0 Å². The van der Waals surface area contributed by atoms with E-state index in [0.717, 1.165) is 24.8 Å². The van der Waals surface area contributed by atoms with Gasteiger partial charge < -0.3 is 34.6 Å². The molecule has 4 bridgehead atoms. The van der Waals surface area contributed by atoms with Gasteiger partial charge in [0, 0.05) is 50.7 Å². The van der Waals surface area contributed by atoms with Crippen LogP contribution in [0.4, 0.5) is 0 Å². The monoisotopic (exact) mass is 576 g/mol. The Kier molecular flexibility index (Phi) is 8.16. The van der Waals surface area contributed by atoms with E-state index in [0.29, 0.717) is 67.9 Å². The average Bonchev–Trinajstić information content (AvgIpc) is 3.61. The maximum absolute atomic E-state index is 13.6. The molecular formula is C31H36N4O7. The lowest BCUT2D eigenvalue weighted by Gasteiger charge is -2.21. The van der Waals surface area contributed by atoms with Crippen molar-refractivity contribution in [2.24, 2.45) is 5.92 Å². The van der Waals surface area contributed by atoms with Crippen molar-refractivity contribution in [2.45, 2.75) is 50.8 Å². The fraction of sp³-hybridized carbons (Fsp3) is 0.484. The second-order valence-electron chi connectivity index (χ2n) is 11.4. The minimum Gasteiger partial charge on any atom is -0.493 e. The van der Waals surface area contributed by atoms with Crippen LogP contribution in [0.2, 0.25) is 0 Å². The Hall–Kier alpha value is -4.28. The Labute approximate surface area is 244 Å². The molecule has 0 spiro atoms. The van der Waals surface area contributed by atoms with Crippen molar-refractivity contribution in [3.63, 3.8) is 0 Å². The van der Waals surface area contributed by atoms with Gasteiger partial charge in [0.1, 0.15) is 23.4 Å². The van der Waals surface area contributed by atoms with Crippen molar-refractivity contribution in [1.29, 1.82) is 0 Å². The fourth-order valence-corrected chi connectivity index (χ4v) is 5.45. The maximum atomic E-state index is 13.6. The molecule has 3 fully saturated rings. The van der Waals surface area contributed by atoms with Gasteiger partial charge in [0.2, 0.25) is 11.8 Å². The molecule has 7 rings (SSSR count). The Bertz CT molecular complexity index is 1340. The first-order valence-corrected chi connectivity index (χ1v) is 14.7. The Morgan fingerprint density at radius 1 is 1.02 bits per heavy atom. The first kappa shape index (κ1) is 27.9. The molecule has 11 nitrogen and oxygen atoms in total. The van der Waals surface area contributed by atoms with E-state index in [1.807, 2.05) is 24.3 Å². The number of hydrogen-bond donors (Lipinski definition) is 2. The zero-order valence-electron chi connectivity index (χ0n) is 23.5. The number of amides is 4. The maximum Gasteiger partial charge on any atom is 0.258 e. The molecule has 222 valence electrons. The van der Waals surface area contributed by atoms with Crippen molar-refractivity contribution in [3.05, 3.63) is 53.6 Å². The van der Waals surface area contributed by atoms with Gasteiger partial charge in [0.25, 0.3) is 11.8 Å². The Morgan fingerprint density at radius 2 is 1.86 bits per heavy atom. The smallest absolute Gasteiger partial charge is 0.258 e. The number of fused-ring (bicyclic) bond motifs is 7. The summed E-state index contributed by atoms with van der Waals surface area (Å²) in [5.74, 6) is 1.31. The number of nitrogens with zero attached hydrogens (tertiary/aromatic N) is 2. The van der Waals surface area contributed by atoms with Crippen LogP contribution >= 0.6 is 0 Å². The minimum atomic E-state index is -0.488. The van der Waals surface area contributed by atoms with Crippen LogP contribution in [0.5, 0.6) is 17.2 Å². The number of nitrogens with one attached hydrogen (secondary N) is 2. The number of carbonyl (C=O) groups is 4. The van der Waals surface area contributed by atoms with Crippen molar-refractivity contribution in [3.8, 4) is 17.2 Å². The van der Waals surface area contributed by atoms with Gasteiger partial charge in [0.15, 0.2) is 6.61 Å². The van der Waals surface area contributed by atoms with Crippen LogP contribution in [0.15, 0.2) is 42.5 Å². The second kappa shape index (κ2) is 12.3. The van der Waals surface area contributed by atoms with E-state index in [1.165, 1.54) is 0 Å². The third kappa shape index (κ3) is 6.95. The zero-order chi connectivity index (χ0) is 29.1. The molecule has 2 saturated heterocycles. The summed E-state index contributed by atoms with van der Waals surface area (Å²) in [7, 11) is 0. The van der Waals surface area contributed by atoms with Gasteiger partial charge in [-0.1, -0.05) is 12.1 Å². The van der Waals surface area contributed by atoms with Crippen LogP contribution in [-0.2, 0) is 20.9 Å². The predicted octanol–water partition coefficient (Wildman–Crippen LogP) is 1.88. The van der Waals surface area contributed by atoms with Crippen LogP contribution in [0, 0.1) is 5.92 Å². The number of benzene rings is 2. The lowest BCUT2D eigenvalue weighted by Crippen LogP contribution is -2.45. The van der Waals surface area contributed by atoms with Gasteiger partial charge in [0.05, 0.1) is 19.2 Å². The fourth-order valence-electron chi connectivity index (χ4n) is 5.45. The summed E-state index contributed by atoms with van der Waals surface area (Å²) >= 11 is 0. The van der Waals surface area contributed by atoms with Gasteiger partial charge in [-0.3, -0.25) is 19.2 Å². The third-order valence-corrected chi connectivity index (χ3v) is 8.10. The zero-order valence-corrected chi connectivity index (χ0v) is 23.5. The summed E-state index contributed by atoms with van der Waals surface area (Å²) in [5.41, 5.74) is 1.21. The quantitative estimate of drug-likeness (QED) is 0.538. The normalized spacial score (nSPS) is 22.5. The molecule has 42 heavy (non-hydrogen) atoms. The Morgan fingerprint density at radius 3 is 2.62 bits per heavy atom. The third-order valence-electron chi connectivity index (χ3n) is 8.10. The highest BCUT2D eigenvalue weighted by Crippen LogP contribution is 2.31. The molecule has 4 amide bonds. The van der Waals surface area contributed by atoms with Crippen molar-refractivity contribution >= 4 is 23.6 Å². The SMILES string of the molecule is O=C1COc2cc(OCC3CC3)cc(c2)C(=O)N[C@H]2CN(C(=O)CCN3CCCC3=O)C[C@@H]2Oc2ccc(cc2)CN1. The van der Waals surface area contributed by atoms with E-state index < -0.39 is 12.1 Å². The summed E-state index contributed by atoms with van der Waals surface area (Å²) < 4.78 is 18.0. The van der Waals surface area contributed by atoms with Crippen molar-refractivity contribution in [2.75, 3.05) is 39.4 Å². The molecule has 11 heteroatoms. The summed E-state index contributed by atoms with van der Waals surface area (Å²) in [4.78, 5) is 54.6. The van der Waals surface area contributed by atoms with Gasteiger partial charge >= 0.3 is 0 Å². The average molecular weight is 577 g/mol. The number of ether oxygens (including phenoxy) is 3. The van der Waals surface area contributed by atoms with Crippen LogP contribution in [0.1, 0.15) is 48.0 Å². The van der Waals surface area contributed by atoms with E-state index in [2.05, 4.69) is 10.6 Å². The summed E-state index contributed by atoms with van der Waals surface area (Å²) in [5, 5.41) is 5.90. The first-order chi connectivity index (χ1) is 20.4. The highest BCUT2D eigenvalue weighted by atomic mass is 16.5. The summed E-state index contributed by atoms with van der Waals surface area (Å²) in [6.45, 7) is 2.33. The highest BCUT2D eigenvalue weighted by Gasteiger charge is 2.38. The molecule has 0 aromatic heterocycles. The minimum absolute atomic E-state index is 0.0839. The highest BCUT2D eigenvalue weighted by molar-refractivity contribution is 5.95. The van der Waals surface area contributed by atoms with Crippen LogP contribution in [0.25, 0.3) is 0 Å². The van der Waals surface area contributed by atoms with Crippen molar-refractivity contribution in [1.82, 2.24) is 20.4 Å². The first-order valence-electron chi connectivity index (χ1n) is 14.7. The van der Waals surface area contributed by atoms with Crippen LogP contribution in [0.3, 0.4) is 0 Å². The summed E-state index contributed by atoms with van der Waals surface area (Å²) in [6.07, 6.45) is 3.34. The number of rotatable bonds is 6. The molecule has 0 radical (unpaired) electrons. The number of hydrogen-bond acceptors (Lipinski definition) is 7. The lowest BCUT2D eigenvalue weighted by atomic mass is 10.1. The number of carbonyl (C=O) groups excluding carboxylic acids is 4. The van der Waals surface area contributed by atoms with E-state index in [4.69, 9.17) is 14.2 Å². The van der Waals surface area contributed by atoms with Crippen molar-refractivity contribution < 1.29 is 33.4 Å². The Balaban J connectivity index is 1.22. The molecule has 4 aliphatic heterocycles. The molecule has 0 unspecified atom stereocenters. The lowest BCUT2D eigenvalue weighted by molar-refractivity contribution is -0.132. The molecule has 2 N–H and O–H groups in total. The molecule has 1 aliphatic carbocycles. The molecule has 1 saturated carbocycles. The van der Waals surface area contributed by atoms with Gasteiger partial charge in [-0.15, -0.1) is 0 Å². The molecular weight excluding hydrogens is 540 g/mol. The predicted molar refractivity (Wildman–Crippen MR) is 151 cm³/mol. The van der Waals surface area contributed by atoms with E-state index >= 15 is 0 Å². The van der Waals surface area contributed by atoms with E-state index in [9.17, 15) is 19.2 Å². The van der Waals surface area contributed by atoms with Gasteiger partial charge in [-0.25, -0.2) is 0 Å². The van der Waals surface area contributed by atoms with Gasteiger partial charge in [-0.2, -0.15) is 0 Å². The van der Waals surface area contributed by atoms with E-state index in [-0.39, 0.29) is 43.2 Å². The molecule has 2 aromatic rings. The summed E-state index contributed by atoms with van der Waals surface area (Å²) in [6, 6.07) is 11.8. The van der Waals surface area contributed by atoms with Gasteiger partial charge in [-0.05, 0) is 55.0 Å². The second-order valence-corrected chi connectivity index (χ2v) is 11.4.